The molecule has 3 rings (SSSR count). The molecule has 0 radical (unpaired) electrons. The first-order valence-electron chi connectivity index (χ1n) is 8.38. The average Bonchev–Trinajstić information content (AvgIpc) is 3.02. The van der Waals surface area contributed by atoms with E-state index in [1.807, 2.05) is 4.90 Å². The van der Waals surface area contributed by atoms with Crippen molar-refractivity contribution < 1.29 is 9.53 Å². The van der Waals surface area contributed by atoms with Crippen LogP contribution in [0.4, 0.5) is 0 Å². The second-order valence-corrected chi connectivity index (χ2v) is 6.22. The lowest BCUT2D eigenvalue weighted by atomic mass is 10.1. The number of hydrogen-bond acceptors (Lipinski definition) is 5. The highest BCUT2D eigenvalue weighted by Crippen LogP contribution is 2.19. The Morgan fingerprint density at radius 2 is 1.81 bits per heavy atom. The monoisotopic (exact) mass is 296 g/mol. The van der Waals surface area contributed by atoms with E-state index in [0.29, 0.717) is 5.91 Å². The maximum absolute atomic E-state index is 12.7. The number of nitrogens with one attached hydrogen (secondary N) is 1. The first kappa shape index (κ1) is 15.2. The number of hydrogen-bond donors (Lipinski definition) is 1. The van der Waals surface area contributed by atoms with Crippen LogP contribution in [0, 0.1) is 0 Å². The smallest absolute Gasteiger partial charge is 0.240 e. The van der Waals surface area contributed by atoms with Gasteiger partial charge in [-0.15, -0.1) is 0 Å². The molecule has 3 aliphatic rings. The van der Waals surface area contributed by atoms with Gasteiger partial charge in [-0.1, -0.05) is 0 Å². The molecule has 3 saturated heterocycles. The van der Waals surface area contributed by atoms with Gasteiger partial charge in [-0.25, -0.2) is 0 Å². The van der Waals surface area contributed by atoms with Crippen molar-refractivity contribution in [1.29, 1.82) is 0 Å². The number of carbonyl (C=O) groups excluding carboxylic acids is 1. The fraction of sp³-hybridized carbons (Fsp3) is 0.933. The topological polar surface area (TPSA) is 48.1 Å². The molecule has 1 amide bonds. The number of morpholine rings is 1. The molecule has 6 heteroatoms. The molecule has 0 saturated carbocycles. The number of nitrogens with zero attached hydrogens (tertiary/aromatic N) is 3. The summed E-state index contributed by atoms with van der Waals surface area (Å²) in [6.07, 6.45) is 2.19. The second-order valence-electron chi connectivity index (χ2n) is 6.22. The van der Waals surface area contributed by atoms with Crippen LogP contribution in [0.5, 0.6) is 0 Å². The maximum Gasteiger partial charge on any atom is 0.240 e. The Balaban J connectivity index is 1.48. The fourth-order valence-corrected chi connectivity index (χ4v) is 3.56. The van der Waals surface area contributed by atoms with Crippen molar-refractivity contribution in [2.24, 2.45) is 0 Å². The number of rotatable bonds is 4. The lowest BCUT2D eigenvalue weighted by molar-refractivity contribution is -0.136. The molecule has 1 atom stereocenters. The molecule has 0 aliphatic carbocycles. The normalized spacial score (nSPS) is 29.0. The van der Waals surface area contributed by atoms with Gasteiger partial charge in [-0.2, -0.15) is 0 Å². The van der Waals surface area contributed by atoms with Gasteiger partial charge in [0.1, 0.15) is 0 Å². The minimum atomic E-state index is 0.129. The maximum atomic E-state index is 12.7. The van der Waals surface area contributed by atoms with Crippen LogP contribution in [0.25, 0.3) is 0 Å². The van der Waals surface area contributed by atoms with Gasteiger partial charge in [-0.3, -0.25) is 14.6 Å². The molecule has 0 aromatic heterocycles. The van der Waals surface area contributed by atoms with Crippen LogP contribution in [0.15, 0.2) is 0 Å². The van der Waals surface area contributed by atoms with Crippen molar-refractivity contribution in [3.63, 3.8) is 0 Å². The fourth-order valence-electron chi connectivity index (χ4n) is 3.56. The summed E-state index contributed by atoms with van der Waals surface area (Å²) in [6.45, 7) is 10.5. The third kappa shape index (κ3) is 3.94. The van der Waals surface area contributed by atoms with Gasteiger partial charge >= 0.3 is 0 Å². The largest absolute Gasteiger partial charge is 0.379 e. The van der Waals surface area contributed by atoms with E-state index in [0.717, 1.165) is 85.0 Å². The molecule has 0 aromatic carbocycles. The summed E-state index contributed by atoms with van der Waals surface area (Å²) in [4.78, 5) is 19.6. The summed E-state index contributed by atoms with van der Waals surface area (Å²) in [7, 11) is 0. The lowest BCUT2D eigenvalue weighted by Gasteiger charge is -2.34. The minimum absolute atomic E-state index is 0.129. The van der Waals surface area contributed by atoms with Gasteiger partial charge in [-0.05, 0) is 19.4 Å². The minimum Gasteiger partial charge on any atom is -0.379 e. The quantitative estimate of drug-likeness (QED) is 0.737. The second kappa shape index (κ2) is 7.54. The average molecular weight is 296 g/mol. The van der Waals surface area contributed by atoms with Crippen LogP contribution < -0.4 is 5.32 Å². The van der Waals surface area contributed by atoms with E-state index < -0.39 is 0 Å². The van der Waals surface area contributed by atoms with Crippen LogP contribution in [-0.2, 0) is 9.53 Å². The van der Waals surface area contributed by atoms with Gasteiger partial charge in [0.2, 0.25) is 5.91 Å². The third-order valence-corrected chi connectivity index (χ3v) is 4.88. The van der Waals surface area contributed by atoms with Gasteiger partial charge < -0.3 is 15.0 Å². The van der Waals surface area contributed by atoms with E-state index in [1.54, 1.807) is 0 Å². The zero-order valence-electron chi connectivity index (χ0n) is 12.9. The molecule has 0 spiro atoms. The highest BCUT2D eigenvalue weighted by atomic mass is 16.5. The van der Waals surface area contributed by atoms with Gasteiger partial charge in [0.05, 0.1) is 19.3 Å². The van der Waals surface area contributed by atoms with Gasteiger partial charge in [0, 0.05) is 52.4 Å². The molecule has 21 heavy (non-hydrogen) atoms. The number of carbonyl (C=O) groups is 1. The predicted octanol–water partition coefficient (Wildman–Crippen LogP) is -0.785. The Morgan fingerprint density at radius 3 is 2.57 bits per heavy atom. The SMILES string of the molecule is O=C(C1CCCN1CCN1CCOCC1)N1CCNCC1. The van der Waals surface area contributed by atoms with Crippen molar-refractivity contribution >= 4 is 5.91 Å². The van der Waals surface area contributed by atoms with E-state index in [9.17, 15) is 4.79 Å². The Kier molecular flexibility index (Phi) is 5.46. The molecular formula is C15H28N4O2. The molecular weight excluding hydrogens is 268 g/mol. The van der Waals surface area contributed by atoms with E-state index in [1.165, 1.54) is 0 Å². The molecule has 6 nitrogen and oxygen atoms in total. The summed E-state index contributed by atoms with van der Waals surface area (Å²) >= 11 is 0. The summed E-state index contributed by atoms with van der Waals surface area (Å²) < 4.78 is 5.39. The zero-order valence-corrected chi connectivity index (χ0v) is 12.9. The van der Waals surface area contributed by atoms with Crippen LogP contribution in [0.3, 0.4) is 0 Å². The van der Waals surface area contributed by atoms with Gasteiger partial charge in [0.15, 0.2) is 0 Å². The molecule has 3 heterocycles. The van der Waals surface area contributed by atoms with Crippen LogP contribution >= 0.6 is 0 Å². The van der Waals surface area contributed by atoms with E-state index in [-0.39, 0.29) is 6.04 Å². The summed E-state index contributed by atoms with van der Waals surface area (Å²) in [5, 5.41) is 3.31. The van der Waals surface area contributed by atoms with Crippen LogP contribution in [0.1, 0.15) is 12.8 Å². The van der Waals surface area contributed by atoms with E-state index >= 15 is 0 Å². The standard InChI is InChI=1S/C15H28N4O2/c20-15(19-6-3-16-4-7-19)14-2-1-5-18(14)9-8-17-10-12-21-13-11-17/h14,16H,1-13H2. The Bertz CT molecular complexity index is 341. The molecule has 0 aromatic rings. The molecule has 3 aliphatic heterocycles. The Morgan fingerprint density at radius 1 is 1.05 bits per heavy atom. The highest BCUT2D eigenvalue weighted by Gasteiger charge is 2.33. The zero-order chi connectivity index (χ0) is 14.5. The van der Waals surface area contributed by atoms with Crippen LogP contribution in [-0.4, -0.2) is 98.8 Å². The molecule has 0 bridgehead atoms. The highest BCUT2D eigenvalue weighted by molar-refractivity contribution is 5.82. The molecule has 120 valence electrons. The summed E-state index contributed by atoms with van der Waals surface area (Å²) in [5.74, 6) is 0.357. The molecule has 1 unspecified atom stereocenters. The van der Waals surface area contributed by atoms with Crippen molar-refractivity contribution in [3.05, 3.63) is 0 Å². The van der Waals surface area contributed by atoms with Crippen molar-refractivity contribution in [3.8, 4) is 0 Å². The summed E-state index contributed by atoms with van der Waals surface area (Å²) in [5.41, 5.74) is 0. The van der Waals surface area contributed by atoms with Crippen molar-refractivity contribution in [1.82, 2.24) is 20.0 Å². The van der Waals surface area contributed by atoms with Crippen molar-refractivity contribution in [2.45, 2.75) is 18.9 Å². The third-order valence-electron chi connectivity index (χ3n) is 4.88. The van der Waals surface area contributed by atoms with Crippen molar-refractivity contribution in [2.75, 3.05) is 72.1 Å². The summed E-state index contributed by atoms with van der Waals surface area (Å²) in [6, 6.07) is 0.129. The number of piperazine rings is 1. The Hall–Kier alpha value is -0.690. The predicted molar refractivity (Wildman–Crippen MR) is 81.3 cm³/mol. The lowest BCUT2D eigenvalue weighted by Crippen LogP contribution is -2.53. The number of amides is 1. The molecule has 3 fully saturated rings. The van der Waals surface area contributed by atoms with E-state index in [4.69, 9.17) is 4.74 Å². The van der Waals surface area contributed by atoms with Crippen LogP contribution in [0.2, 0.25) is 0 Å². The van der Waals surface area contributed by atoms with E-state index in [2.05, 4.69) is 15.1 Å². The first-order chi connectivity index (χ1) is 10.3. The Labute approximate surface area is 127 Å². The van der Waals surface area contributed by atoms with Gasteiger partial charge in [0.25, 0.3) is 0 Å². The number of likely N-dealkylation sites (tertiary alicyclic amines) is 1. The molecule has 1 N–H and O–H groups in total. The first-order valence-corrected chi connectivity index (χ1v) is 8.38. The number of ether oxygens (including phenoxy) is 1.